The van der Waals surface area contributed by atoms with Gasteiger partial charge in [-0.15, -0.1) is 12.4 Å². The molecule has 17 heavy (non-hydrogen) atoms. The van der Waals surface area contributed by atoms with Crippen molar-refractivity contribution in [1.29, 1.82) is 0 Å². The molecule has 1 aromatic heterocycles. The van der Waals surface area contributed by atoms with Crippen molar-refractivity contribution in [2.75, 3.05) is 17.6 Å². The molecule has 0 fully saturated rings. The fourth-order valence-corrected chi connectivity index (χ4v) is 1.96. The molecule has 1 rings (SSSR count). The highest BCUT2D eigenvalue weighted by molar-refractivity contribution is 7.92. The number of hydrogen-bond donors (Lipinski definition) is 1. The summed E-state index contributed by atoms with van der Waals surface area (Å²) in [6.07, 6.45) is 1.07. The Morgan fingerprint density at radius 2 is 1.94 bits per heavy atom. The van der Waals surface area contributed by atoms with Crippen LogP contribution in [0.25, 0.3) is 0 Å². The summed E-state index contributed by atoms with van der Waals surface area (Å²) >= 11 is 0. The Bertz CT molecular complexity index is 553. The number of pyridine rings is 1. The molecule has 98 valence electrons. The number of sulfonamides is 1. The smallest absolute Gasteiger partial charge is 0.251 e. The van der Waals surface area contributed by atoms with Crippen LogP contribution in [0.5, 0.6) is 0 Å². The number of rotatable bonds is 3. The van der Waals surface area contributed by atoms with Crippen LogP contribution in [0.3, 0.4) is 0 Å². The van der Waals surface area contributed by atoms with E-state index in [4.69, 9.17) is 5.73 Å². The van der Waals surface area contributed by atoms with Gasteiger partial charge in [0.15, 0.2) is 0 Å². The Kier molecular flexibility index (Phi) is 5.18. The molecule has 0 saturated carbocycles. The maximum absolute atomic E-state index is 11.4. The van der Waals surface area contributed by atoms with Gasteiger partial charge in [-0.1, -0.05) is 0 Å². The van der Waals surface area contributed by atoms with Gasteiger partial charge >= 0.3 is 0 Å². The first kappa shape index (κ1) is 16.0. The van der Waals surface area contributed by atoms with Gasteiger partial charge in [-0.3, -0.25) is 13.7 Å². The first-order valence-corrected chi connectivity index (χ1v) is 6.46. The average Bonchev–Trinajstić information content (AvgIpc) is 2.19. The van der Waals surface area contributed by atoms with Gasteiger partial charge < -0.3 is 5.73 Å². The Morgan fingerprint density at radius 1 is 1.41 bits per heavy atom. The van der Waals surface area contributed by atoms with E-state index in [0.29, 0.717) is 11.4 Å². The van der Waals surface area contributed by atoms with Crippen molar-refractivity contribution in [1.82, 2.24) is 4.57 Å². The minimum absolute atomic E-state index is 0. The lowest BCUT2D eigenvalue weighted by Crippen LogP contribution is -2.32. The van der Waals surface area contributed by atoms with Gasteiger partial charge in [0.2, 0.25) is 10.0 Å². The molecule has 0 aliphatic rings. The Balaban J connectivity index is 0.00000256. The number of aromatic nitrogens is 1. The van der Waals surface area contributed by atoms with E-state index in [1.54, 1.807) is 6.07 Å². The van der Waals surface area contributed by atoms with Crippen LogP contribution in [0.4, 0.5) is 5.82 Å². The molecular formula is C9H16ClN3O3S. The first-order valence-electron chi connectivity index (χ1n) is 4.62. The van der Waals surface area contributed by atoms with Crippen molar-refractivity contribution in [3.05, 3.63) is 28.0 Å². The van der Waals surface area contributed by atoms with Crippen molar-refractivity contribution < 1.29 is 8.42 Å². The third-order valence-corrected chi connectivity index (χ3v) is 3.55. The lowest BCUT2D eigenvalue weighted by molar-refractivity contribution is 0.598. The summed E-state index contributed by atoms with van der Waals surface area (Å²) in [5.41, 5.74) is 5.85. The second kappa shape index (κ2) is 5.52. The van der Waals surface area contributed by atoms with E-state index < -0.39 is 10.0 Å². The van der Waals surface area contributed by atoms with Crippen LogP contribution in [0.15, 0.2) is 16.9 Å². The molecule has 0 amide bonds. The molecule has 0 aromatic carbocycles. The van der Waals surface area contributed by atoms with Gasteiger partial charge in [-0.2, -0.15) is 0 Å². The van der Waals surface area contributed by atoms with Crippen LogP contribution < -0.4 is 15.6 Å². The summed E-state index contributed by atoms with van der Waals surface area (Å²) in [5.74, 6) is 0.303. The quantitative estimate of drug-likeness (QED) is 0.821. The molecule has 0 unspecified atom stereocenters. The van der Waals surface area contributed by atoms with E-state index in [-0.39, 0.29) is 24.5 Å². The molecule has 0 bridgehead atoms. The lowest BCUT2D eigenvalue weighted by Gasteiger charge is -2.22. The van der Waals surface area contributed by atoms with E-state index in [0.717, 1.165) is 10.6 Å². The highest BCUT2D eigenvalue weighted by Gasteiger charge is 2.18. The van der Waals surface area contributed by atoms with Gasteiger partial charge in [-0.25, -0.2) is 8.42 Å². The Hall–Kier alpha value is -1.05. The van der Waals surface area contributed by atoms with Crippen LogP contribution in [-0.4, -0.2) is 26.3 Å². The fourth-order valence-electron chi connectivity index (χ4n) is 1.41. The molecule has 0 radical (unpaired) electrons. The van der Waals surface area contributed by atoms with Gasteiger partial charge in [0.05, 0.1) is 6.26 Å². The summed E-state index contributed by atoms with van der Waals surface area (Å²) in [6.45, 7) is 0.170. The van der Waals surface area contributed by atoms with Gasteiger partial charge in [0, 0.05) is 32.3 Å². The van der Waals surface area contributed by atoms with Crippen LogP contribution in [0.1, 0.15) is 5.56 Å². The maximum atomic E-state index is 11.4. The van der Waals surface area contributed by atoms with Crippen molar-refractivity contribution >= 4 is 28.2 Å². The number of nitrogens with zero attached hydrogens (tertiary/aromatic N) is 2. The molecule has 6 nitrogen and oxygen atoms in total. The predicted molar refractivity (Wildman–Crippen MR) is 70.1 cm³/mol. The number of hydrogen-bond acceptors (Lipinski definition) is 4. The SMILES string of the molecule is CN(c1c(CN)ccc(=O)n1C)S(C)(=O)=O.Cl. The lowest BCUT2D eigenvalue weighted by atomic mass is 10.2. The van der Waals surface area contributed by atoms with Gasteiger partial charge in [0.1, 0.15) is 5.82 Å². The van der Waals surface area contributed by atoms with E-state index >= 15 is 0 Å². The standard InChI is InChI=1S/C9H15N3O3S.ClH/c1-11-8(13)5-4-7(6-10)9(11)12(2)16(3,14)15;/h4-5H,6,10H2,1-3H3;1H. The van der Waals surface area contributed by atoms with Crippen LogP contribution in [0, 0.1) is 0 Å². The summed E-state index contributed by atoms with van der Waals surface area (Å²) < 4.78 is 25.2. The van der Waals surface area contributed by atoms with E-state index in [1.807, 2.05) is 0 Å². The summed E-state index contributed by atoms with van der Waals surface area (Å²) in [4.78, 5) is 11.4. The summed E-state index contributed by atoms with van der Waals surface area (Å²) in [6, 6.07) is 2.90. The topological polar surface area (TPSA) is 85.4 Å². The van der Waals surface area contributed by atoms with E-state index in [2.05, 4.69) is 0 Å². The number of halogens is 1. The predicted octanol–water partition coefficient (Wildman–Crippen LogP) is -0.338. The minimum atomic E-state index is -3.41. The molecule has 1 heterocycles. The Morgan fingerprint density at radius 3 is 2.35 bits per heavy atom. The van der Waals surface area contributed by atoms with Crippen molar-refractivity contribution in [3.8, 4) is 0 Å². The zero-order valence-electron chi connectivity index (χ0n) is 9.87. The first-order chi connectivity index (χ1) is 7.29. The number of anilines is 1. The maximum Gasteiger partial charge on any atom is 0.251 e. The second-order valence-corrected chi connectivity index (χ2v) is 5.53. The van der Waals surface area contributed by atoms with Crippen molar-refractivity contribution in [3.63, 3.8) is 0 Å². The molecule has 0 saturated heterocycles. The molecule has 8 heteroatoms. The number of nitrogens with two attached hydrogens (primary N) is 1. The molecule has 0 atom stereocenters. The molecule has 0 spiro atoms. The average molecular weight is 282 g/mol. The van der Waals surface area contributed by atoms with Crippen LogP contribution >= 0.6 is 12.4 Å². The van der Waals surface area contributed by atoms with Gasteiger partial charge in [0.25, 0.3) is 5.56 Å². The summed E-state index contributed by atoms with van der Waals surface area (Å²) in [7, 11) is -0.505. The van der Waals surface area contributed by atoms with Gasteiger partial charge in [-0.05, 0) is 6.07 Å². The second-order valence-electron chi connectivity index (χ2n) is 3.51. The highest BCUT2D eigenvalue weighted by atomic mass is 35.5. The fraction of sp³-hybridized carbons (Fsp3) is 0.444. The molecule has 2 N–H and O–H groups in total. The minimum Gasteiger partial charge on any atom is -0.326 e. The normalized spacial score (nSPS) is 10.8. The Labute approximate surface area is 106 Å². The largest absolute Gasteiger partial charge is 0.326 e. The monoisotopic (exact) mass is 281 g/mol. The highest BCUT2D eigenvalue weighted by Crippen LogP contribution is 2.18. The summed E-state index contributed by atoms with van der Waals surface area (Å²) in [5, 5.41) is 0. The van der Waals surface area contributed by atoms with Crippen molar-refractivity contribution in [2.24, 2.45) is 12.8 Å². The van der Waals surface area contributed by atoms with Crippen molar-refractivity contribution in [2.45, 2.75) is 6.54 Å². The molecule has 1 aromatic rings. The zero-order valence-corrected chi connectivity index (χ0v) is 11.5. The van der Waals surface area contributed by atoms with E-state index in [1.165, 1.54) is 24.7 Å². The van der Waals surface area contributed by atoms with E-state index in [9.17, 15) is 13.2 Å². The van der Waals surface area contributed by atoms with Crippen LogP contribution in [0.2, 0.25) is 0 Å². The third kappa shape index (κ3) is 3.21. The molecular weight excluding hydrogens is 266 g/mol. The van der Waals surface area contributed by atoms with Crippen LogP contribution in [-0.2, 0) is 23.6 Å². The zero-order chi connectivity index (χ0) is 12.5. The molecule has 0 aliphatic heterocycles. The third-order valence-electron chi connectivity index (χ3n) is 2.38. The molecule has 0 aliphatic carbocycles.